The maximum absolute atomic E-state index is 13.4. The number of carbonyl (C=O) groups excluding carboxylic acids is 1. The highest BCUT2D eigenvalue weighted by Crippen LogP contribution is 2.24. The summed E-state index contributed by atoms with van der Waals surface area (Å²) in [6.07, 6.45) is 0. The number of likely N-dealkylation sites (N-methyl/N-ethyl adjacent to an activating group) is 1. The number of benzene rings is 3. The monoisotopic (exact) mass is 456 g/mol. The van der Waals surface area contributed by atoms with E-state index < -0.39 is 28.3 Å². The number of hydrogen-bond donors (Lipinski definition) is 0. The summed E-state index contributed by atoms with van der Waals surface area (Å²) in [4.78, 5) is 14.5. The van der Waals surface area contributed by atoms with E-state index in [2.05, 4.69) is 0 Å². The molecule has 3 aromatic carbocycles. The van der Waals surface area contributed by atoms with Crippen molar-refractivity contribution in [1.29, 1.82) is 0 Å². The van der Waals surface area contributed by atoms with E-state index in [1.54, 1.807) is 38.4 Å². The highest BCUT2D eigenvalue weighted by Gasteiger charge is 2.28. The van der Waals surface area contributed by atoms with Crippen LogP contribution in [0, 0.1) is 12.7 Å². The number of amides is 1. The number of ether oxygens (including phenoxy) is 1. The minimum absolute atomic E-state index is 0.0537. The first-order valence-electron chi connectivity index (χ1n) is 9.92. The topological polar surface area (TPSA) is 66.9 Å². The molecule has 0 atom stereocenters. The second-order valence-electron chi connectivity index (χ2n) is 7.40. The molecule has 0 saturated carbocycles. The molecule has 1 amide bonds. The van der Waals surface area contributed by atoms with Gasteiger partial charge < -0.3 is 9.64 Å². The van der Waals surface area contributed by atoms with Gasteiger partial charge >= 0.3 is 0 Å². The molecule has 0 aliphatic heterocycles. The van der Waals surface area contributed by atoms with E-state index >= 15 is 0 Å². The van der Waals surface area contributed by atoms with Gasteiger partial charge in [0.1, 0.15) is 18.1 Å². The minimum Gasteiger partial charge on any atom is -0.497 e. The molecule has 0 heterocycles. The first-order valence-corrected chi connectivity index (χ1v) is 11.4. The number of anilines is 1. The van der Waals surface area contributed by atoms with Crippen LogP contribution in [0.25, 0.3) is 0 Å². The lowest BCUT2D eigenvalue weighted by Gasteiger charge is -2.27. The number of aryl methyl sites for hydroxylation is 1. The summed E-state index contributed by atoms with van der Waals surface area (Å²) in [5.74, 6) is -0.195. The standard InChI is InChI=1S/C24H25FN2O4S/c1-18-4-14-23(15-5-18)32(29,30)27(21-10-8-20(25)9-11-21)17-24(28)26(2)16-19-6-12-22(31-3)13-7-19/h4-15H,16-17H2,1-3H3. The summed E-state index contributed by atoms with van der Waals surface area (Å²) in [5, 5.41) is 0. The van der Waals surface area contributed by atoms with Crippen molar-refractivity contribution in [2.45, 2.75) is 18.4 Å². The van der Waals surface area contributed by atoms with E-state index in [0.717, 1.165) is 15.4 Å². The van der Waals surface area contributed by atoms with Crippen molar-refractivity contribution in [2.75, 3.05) is 25.0 Å². The number of hydrogen-bond acceptors (Lipinski definition) is 4. The van der Waals surface area contributed by atoms with E-state index in [1.165, 1.54) is 41.3 Å². The summed E-state index contributed by atoms with van der Waals surface area (Å²) in [5.41, 5.74) is 1.99. The lowest BCUT2D eigenvalue weighted by Crippen LogP contribution is -2.41. The zero-order valence-corrected chi connectivity index (χ0v) is 19.0. The highest BCUT2D eigenvalue weighted by molar-refractivity contribution is 7.92. The molecule has 0 fully saturated rings. The normalized spacial score (nSPS) is 11.1. The predicted octanol–water partition coefficient (Wildman–Crippen LogP) is 4.00. The summed E-state index contributed by atoms with van der Waals surface area (Å²) >= 11 is 0. The Bertz CT molecular complexity index is 1160. The molecule has 0 saturated heterocycles. The molecule has 0 aromatic heterocycles. The van der Waals surface area contributed by atoms with Gasteiger partial charge in [0, 0.05) is 13.6 Å². The zero-order valence-electron chi connectivity index (χ0n) is 18.2. The second kappa shape index (κ2) is 9.82. The average Bonchev–Trinajstić information content (AvgIpc) is 2.78. The molecule has 0 spiro atoms. The third-order valence-corrected chi connectivity index (χ3v) is 6.80. The molecule has 0 radical (unpaired) electrons. The summed E-state index contributed by atoms with van der Waals surface area (Å²) in [6.45, 7) is 1.73. The SMILES string of the molecule is COc1ccc(CN(C)C(=O)CN(c2ccc(F)cc2)S(=O)(=O)c2ccc(C)cc2)cc1. The van der Waals surface area contributed by atoms with Crippen LogP contribution in [-0.4, -0.2) is 39.9 Å². The fourth-order valence-electron chi connectivity index (χ4n) is 3.10. The van der Waals surface area contributed by atoms with Gasteiger partial charge in [-0.25, -0.2) is 12.8 Å². The fraction of sp³-hybridized carbons (Fsp3) is 0.208. The van der Waals surface area contributed by atoms with Gasteiger partial charge in [0.15, 0.2) is 0 Å². The van der Waals surface area contributed by atoms with Gasteiger partial charge in [-0.15, -0.1) is 0 Å². The Morgan fingerprint density at radius 3 is 2.09 bits per heavy atom. The van der Waals surface area contributed by atoms with Crippen LogP contribution in [0.4, 0.5) is 10.1 Å². The van der Waals surface area contributed by atoms with Gasteiger partial charge in [-0.3, -0.25) is 9.10 Å². The Morgan fingerprint density at radius 2 is 1.53 bits per heavy atom. The van der Waals surface area contributed by atoms with Crippen LogP contribution in [-0.2, 0) is 21.4 Å². The van der Waals surface area contributed by atoms with E-state index in [-0.39, 0.29) is 10.6 Å². The number of methoxy groups -OCH3 is 1. The van der Waals surface area contributed by atoms with Crippen LogP contribution in [0.15, 0.2) is 77.7 Å². The van der Waals surface area contributed by atoms with Gasteiger partial charge in [-0.1, -0.05) is 29.8 Å². The van der Waals surface area contributed by atoms with Gasteiger partial charge in [0.2, 0.25) is 5.91 Å². The van der Waals surface area contributed by atoms with Crippen molar-refractivity contribution in [3.63, 3.8) is 0 Å². The first kappa shape index (κ1) is 23.3. The third-order valence-electron chi connectivity index (χ3n) is 5.01. The molecular formula is C24H25FN2O4S. The molecule has 32 heavy (non-hydrogen) atoms. The zero-order chi connectivity index (χ0) is 23.3. The molecule has 0 aliphatic carbocycles. The van der Waals surface area contributed by atoms with Crippen LogP contribution in [0.5, 0.6) is 5.75 Å². The van der Waals surface area contributed by atoms with Crippen LogP contribution < -0.4 is 9.04 Å². The Labute approximate surface area is 187 Å². The Hall–Kier alpha value is -3.39. The smallest absolute Gasteiger partial charge is 0.264 e. The largest absolute Gasteiger partial charge is 0.497 e. The van der Waals surface area contributed by atoms with Crippen molar-refractivity contribution in [1.82, 2.24) is 4.90 Å². The van der Waals surface area contributed by atoms with Crippen LogP contribution >= 0.6 is 0 Å². The minimum atomic E-state index is -4.05. The molecule has 3 rings (SSSR count). The molecule has 168 valence electrons. The molecule has 0 N–H and O–H groups in total. The Balaban J connectivity index is 1.86. The average molecular weight is 457 g/mol. The Morgan fingerprint density at radius 1 is 0.938 bits per heavy atom. The van der Waals surface area contributed by atoms with Gasteiger partial charge in [0.05, 0.1) is 17.7 Å². The Kier molecular flexibility index (Phi) is 7.15. The molecule has 0 bridgehead atoms. The summed E-state index contributed by atoms with van der Waals surface area (Å²) in [7, 11) is -0.870. The summed E-state index contributed by atoms with van der Waals surface area (Å²) < 4.78 is 46.3. The quantitative estimate of drug-likeness (QED) is 0.514. The lowest BCUT2D eigenvalue weighted by atomic mass is 10.2. The molecule has 3 aromatic rings. The van der Waals surface area contributed by atoms with E-state index in [1.807, 2.05) is 19.1 Å². The number of nitrogens with zero attached hydrogens (tertiary/aromatic N) is 2. The van der Waals surface area contributed by atoms with Crippen LogP contribution in [0.3, 0.4) is 0 Å². The van der Waals surface area contributed by atoms with Gasteiger partial charge in [-0.2, -0.15) is 0 Å². The molecule has 0 unspecified atom stereocenters. The summed E-state index contributed by atoms with van der Waals surface area (Å²) in [6, 6.07) is 18.6. The van der Waals surface area contributed by atoms with E-state index in [0.29, 0.717) is 12.3 Å². The lowest BCUT2D eigenvalue weighted by molar-refractivity contribution is -0.128. The fourth-order valence-corrected chi connectivity index (χ4v) is 4.51. The number of halogens is 1. The number of sulfonamides is 1. The number of rotatable bonds is 8. The predicted molar refractivity (Wildman–Crippen MR) is 122 cm³/mol. The van der Waals surface area contributed by atoms with Crippen LogP contribution in [0.1, 0.15) is 11.1 Å². The molecule has 0 aliphatic rings. The van der Waals surface area contributed by atoms with Crippen molar-refractivity contribution in [3.8, 4) is 5.75 Å². The van der Waals surface area contributed by atoms with Gasteiger partial charge in [-0.05, 0) is 61.0 Å². The first-order chi connectivity index (χ1) is 15.2. The highest BCUT2D eigenvalue weighted by atomic mass is 32.2. The molecular weight excluding hydrogens is 431 g/mol. The van der Waals surface area contributed by atoms with Crippen LogP contribution in [0.2, 0.25) is 0 Å². The number of carbonyl (C=O) groups is 1. The van der Waals surface area contributed by atoms with Crippen molar-refractivity contribution < 1.29 is 22.3 Å². The van der Waals surface area contributed by atoms with E-state index in [9.17, 15) is 17.6 Å². The second-order valence-corrected chi connectivity index (χ2v) is 9.26. The maximum atomic E-state index is 13.4. The van der Waals surface area contributed by atoms with Crippen molar-refractivity contribution in [2.24, 2.45) is 0 Å². The van der Waals surface area contributed by atoms with E-state index in [4.69, 9.17) is 4.74 Å². The van der Waals surface area contributed by atoms with Crippen molar-refractivity contribution >= 4 is 21.6 Å². The molecule has 8 heteroatoms. The third kappa shape index (κ3) is 5.45. The maximum Gasteiger partial charge on any atom is 0.264 e. The van der Waals surface area contributed by atoms with Gasteiger partial charge in [0.25, 0.3) is 10.0 Å². The van der Waals surface area contributed by atoms with Crippen molar-refractivity contribution in [3.05, 3.63) is 89.7 Å². The molecule has 6 nitrogen and oxygen atoms in total.